The van der Waals surface area contributed by atoms with E-state index in [4.69, 9.17) is 21.8 Å². The van der Waals surface area contributed by atoms with Gasteiger partial charge >= 0.3 is 5.97 Å². The summed E-state index contributed by atoms with van der Waals surface area (Å²) in [6, 6.07) is 7.81. The first kappa shape index (κ1) is 17.0. The molecule has 0 amide bonds. The van der Waals surface area contributed by atoms with E-state index in [9.17, 15) is 4.79 Å². The van der Waals surface area contributed by atoms with Crippen LogP contribution in [0.2, 0.25) is 5.02 Å². The van der Waals surface area contributed by atoms with Crippen molar-refractivity contribution in [1.82, 2.24) is 15.1 Å². The van der Waals surface area contributed by atoms with E-state index in [2.05, 4.69) is 10.00 Å². The van der Waals surface area contributed by atoms with Gasteiger partial charge in [-0.1, -0.05) is 23.7 Å². The molecule has 0 spiro atoms. The number of aromatic nitrogens is 2. The molecule has 1 aliphatic heterocycles. The minimum Gasteiger partial charge on any atom is -0.481 e. The minimum atomic E-state index is -0.736. The average molecular weight is 348 g/mol. The van der Waals surface area contributed by atoms with Gasteiger partial charge in [0.2, 0.25) is 0 Å². The van der Waals surface area contributed by atoms with Crippen molar-refractivity contribution in [3.05, 3.63) is 40.5 Å². The number of rotatable bonds is 6. The van der Waals surface area contributed by atoms with E-state index in [-0.39, 0.29) is 6.42 Å². The number of hydrogen-bond acceptors (Lipinski definition) is 3. The SMILES string of the molecule is O=C(O)CCCCn1nc(-c2ccc(Cl)cc2)c2c1CCNCC2. The zero-order valence-electron chi connectivity index (χ0n) is 13.6. The lowest BCUT2D eigenvalue weighted by Crippen LogP contribution is -2.17. The summed E-state index contributed by atoms with van der Waals surface area (Å²) in [5.74, 6) is -0.736. The van der Waals surface area contributed by atoms with Crippen LogP contribution in [0, 0.1) is 0 Å². The number of carboxylic acid groups (broad SMARTS) is 1. The zero-order chi connectivity index (χ0) is 16.9. The van der Waals surface area contributed by atoms with Crippen molar-refractivity contribution < 1.29 is 9.90 Å². The topological polar surface area (TPSA) is 67.1 Å². The molecule has 3 rings (SSSR count). The lowest BCUT2D eigenvalue weighted by molar-refractivity contribution is -0.137. The summed E-state index contributed by atoms with van der Waals surface area (Å²) >= 11 is 6.00. The number of nitrogens with zero attached hydrogens (tertiary/aromatic N) is 2. The van der Waals surface area contributed by atoms with E-state index >= 15 is 0 Å². The highest BCUT2D eigenvalue weighted by atomic mass is 35.5. The van der Waals surface area contributed by atoms with Gasteiger partial charge in [-0.15, -0.1) is 0 Å². The molecule has 0 atom stereocenters. The Morgan fingerprint density at radius 2 is 1.96 bits per heavy atom. The molecule has 0 bridgehead atoms. The van der Waals surface area contributed by atoms with Crippen LogP contribution in [-0.2, 0) is 24.2 Å². The second-order valence-corrected chi connectivity index (χ2v) is 6.54. The molecule has 5 nitrogen and oxygen atoms in total. The van der Waals surface area contributed by atoms with Crippen LogP contribution < -0.4 is 5.32 Å². The third-order valence-electron chi connectivity index (χ3n) is 4.39. The van der Waals surface area contributed by atoms with Crippen LogP contribution in [0.4, 0.5) is 0 Å². The Labute approximate surface area is 146 Å². The first-order valence-corrected chi connectivity index (χ1v) is 8.80. The maximum atomic E-state index is 10.7. The highest BCUT2D eigenvalue weighted by Crippen LogP contribution is 2.28. The van der Waals surface area contributed by atoms with Gasteiger partial charge in [0.25, 0.3) is 0 Å². The van der Waals surface area contributed by atoms with Crippen LogP contribution in [0.25, 0.3) is 11.3 Å². The maximum absolute atomic E-state index is 10.7. The number of carboxylic acids is 1. The van der Waals surface area contributed by atoms with E-state index < -0.39 is 5.97 Å². The summed E-state index contributed by atoms with van der Waals surface area (Å²) < 4.78 is 2.08. The second kappa shape index (κ2) is 7.81. The lowest BCUT2D eigenvalue weighted by atomic mass is 10.0. The molecule has 1 aromatic heterocycles. The number of halogens is 1. The predicted octanol–water partition coefficient (Wildman–Crippen LogP) is 3.15. The molecular weight excluding hydrogens is 326 g/mol. The third kappa shape index (κ3) is 3.97. The summed E-state index contributed by atoms with van der Waals surface area (Å²) in [5, 5.41) is 17.8. The molecule has 2 N–H and O–H groups in total. The van der Waals surface area contributed by atoms with Gasteiger partial charge in [0, 0.05) is 47.8 Å². The van der Waals surface area contributed by atoms with Crippen molar-refractivity contribution in [2.24, 2.45) is 0 Å². The van der Waals surface area contributed by atoms with Crippen molar-refractivity contribution in [1.29, 1.82) is 0 Å². The third-order valence-corrected chi connectivity index (χ3v) is 4.64. The number of nitrogens with one attached hydrogen (secondary N) is 1. The Kier molecular flexibility index (Phi) is 5.53. The number of aryl methyl sites for hydroxylation is 1. The van der Waals surface area contributed by atoms with E-state index in [1.165, 1.54) is 11.3 Å². The molecule has 2 aromatic rings. The molecule has 1 aromatic carbocycles. The number of hydrogen-bond donors (Lipinski definition) is 2. The van der Waals surface area contributed by atoms with Gasteiger partial charge in [0.15, 0.2) is 0 Å². The Morgan fingerprint density at radius 1 is 1.21 bits per heavy atom. The van der Waals surface area contributed by atoms with Gasteiger partial charge < -0.3 is 10.4 Å². The summed E-state index contributed by atoms with van der Waals surface area (Å²) in [6.07, 6.45) is 3.64. The van der Waals surface area contributed by atoms with E-state index in [0.717, 1.165) is 55.2 Å². The zero-order valence-corrected chi connectivity index (χ0v) is 14.4. The van der Waals surface area contributed by atoms with Gasteiger partial charge in [-0.2, -0.15) is 5.10 Å². The maximum Gasteiger partial charge on any atom is 0.303 e. The van der Waals surface area contributed by atoms with Crippen molar-refractivity contribution in [3.63, 3.8) is 0 Å². The summed E-state index contributed by atoms with van der Waals surface area (Å²) in [6.45, 7) is 2.68. The van der Waals surface area contributed by atoms with Gasteiger partial charge in [0.05, 0.1) is 5.69 Å². The Balaban J connectivity index is 1.86. The fraction of sp³-hybridized carbons (Fsp3) is 0.444. The molecule has 0 saturated heterocycles. The molecule has 0 aliphatic carbocycles. The molecule has 24 heavy (non-hydrogen) atoms. The van der Waals surface area contributed by atoms with E-state index in [1.54, 1.807) is 0 Å². The second-order valence-electron chi connectivity index (χ2n) is 6.10. The van der Waals surface area contributed by atoms with Crippen LogP contribution in [0.5, 0.6) is 0 Å². The average Bonchev–Trinajstić information content (AvgIpc) is 2.74. The molecular formula is C18H22ClN3O2. The van der Waals surface area contributed by atoms with Gasteiger partial charge in [-0.05, 0) is 37.9 Å². The van der Waals surface area contributed by atoms with Gasteiger partial charge in [-0.3, -0.25) is 9.48 Å². The molecule has 2 heterocycles. The normalized spacial score (nSPS) is 14.2. The lowest BCUT2D eigenvalue weighted by Gasteiger charge is -2.06. The molecule has 1 aliphatic rings. The smallest absolute Gasteiger partial charge is 0.303 e. The van der Waals surface area contributed by atoms with Gasteiger partial charge in [0.1, 0.15) is 0 Å². The standard InChI is InChI=1S/C18H22ClN3O2/c19-14-6-4-13(5-7-14)18-15-8-10-20-11-9-16(15)22(21-18)12-2-1-3-17(23)24/h4-7,20H,1-3,8-12H2,(H,23,24). The summed E-state index contributed by atoms with van der Waals surface area (Å²) in [5.41, 5.74) is 4.70. The monoisotopic (exact) mass is 347 g/mol. The predicted molar refractivity (Wildman–Crippen MR) is 94.4 cm³/mol. The van der Waals surface area contributed by atoms with E-state index in [0.29, 0.717) is 6.42 Å². The van der Waals surface area contributed by atoms with Crippen molar-refractivity contribution in [2.75, 3.05) is 13.1 Å². The molecule has 0 saturated carbocycles. The van der Waals surface area contributed by atoms with Crippen molar-refractivity contribution in [2.45, 2.75) is 38.6 Å². The number of benzene rings is 1. The number of carbonyl (C=O) groups is 1. The van der Waals surface area contributed by atoms with Crippen LogP contribution >= 0.6 is 11.6 Å². The van der Waals surface area contributed by atoms with Gasteiger partial charge in [-0.25, -0.2) is 0 Å². The molecule has 0 unspecified atom stereocenters. The van der Waals surface area contributed by atoms with Crippen LogP contribution in [0.3, 0.4) is 0 Å². The highest BCUT2D eigenvalue weighted by Gasteiger charge is 2.20. The van der Waals surface area contributed by atoms with E-state index in [1.807, 2.05) is 24.3 Å². The molecule has 0 radical (unpaired) electrons. The molecule has 128 valence electrons. The number of aliphatic carboxylic acids is 1. The highest BCUT2D eigenvalue weighted by molar-refractivity contribution is 6.30. The quantitative estimate of drug-likeness (QED) is 0.788. The fourth-order valence-electron chi connectivity index (χ4n) is 3.18. The first-order chi connectivity index (χ1) is 11.6. The minimum absolute atomic E-state index is 0.217. The number of fused-ring (bicyclic) bond motifs is 1. The summed E-state index contributed by atoms with van der Waals surface area (Å²) in [7, 11) is 0. The Hall–Kier alpha value is -1.85. The van der Waals surface area contributed by atoms with Crippen LogP contribution in [-0.4, -0.2) is 33.9 Å². The van der Waals surface area contributed by atoms with Crippen LogP contribution in [0.15, 0.2) is 24.3 Å². The largest absolute Gasteiger partial charge is 0.481 e. The molecule has 0 fully saturated rings. The summed E-state index contributed by atoms with van der Waals surface area (Å²) in [4.78, 5) is 10.7. The van der Waals surface area contributed by atoms with Crippen molar-refractivity contribution in [3.8, 4) is 11.3 Å². The molecule has 6 heteroatoms. The fourth-order valence-corrected chi connectivity index (χ4v) is 3.31. The number of unbranched alkanes of at least 4 members (excludes halogenated alkanes) is 1. The first-order valence-electron chi connectivity index (χ1n) is 8.42. The Morgan fingerprint density at radius 3 is 2.71 bits per heavy atom. The van der Waals surface area contributed by atoms with Crippen LogP contribution in [0.1, 0.15) is 30.5 Å². The Bertz CT molecular complexity index is 710. The van der Waals surface area contributed by atoms with Crippen molar-refractivity contribution >= 4 is 17.6 Å².